The molecular weight excluding hydrogens is 310 g/mol. The standard InChI is InChI=1S/C15H13BrClN/c16-12-5-3-4-11-10(12)8-9-14(11)18-15-7-2-1-6-13(15)17/h1-7,14,18H,8-9H2. The van der Waals surface area contributed by atoms with Crippen LogP contribution in [-0.2, 0) is 6.42 Å². The molecule has 0 aliphatic heterocycles. The van der Waals surface area contributed by atoms with Crippen molar-refractivity contribution in [2.45, 2.75) is 18.9 Å². The van der Waals surface area contributed by atoms with E-state index in [0.29, 0.717) is 6.04 Å². The van der Waals surface area contributed by atoms with E-state index in [9.17, 15) is 0 Å². The summed E-state index contributed by atoms with van der Waals surface area (Å²) < 4.78 is 1.21. The van der Waals surface area contributed by atoms with Gasteiger partial charge >= 0.3 is 0 Å². The van der Waals surface area contributed by atoms with Crippen molar-refractivity contribution in [1.29, 1.82) is 0 Å². The molecule has 3 rings (SSSR count). The van der Waals surface area contributed by atoms with E-state index in [2.05, 4.69) is 39.4 Å². The minimum absolute atomic E-state index is 0.359. The first-order valence-corrected chi connectivity index (χ1v) is 7.21. The van der Waals surface area contributed by atoms with Crippen molar-refractivity contribution in [2.75, 3.05) is 5.32 Å². The van der Waals surface area contributed by atoms with Gasteiger partial charge in [-0.2, -0.15) is 0 Å². The van der Waals surface area contributed by atoms with Crippen LogP contribution in [0.5, 0.6) is 0 Å². The second-order valence-electron chi connectivity index (χ2n) is 4.52. The fourth-order valence-corrected chi connectivity index (χ4v) is 3.30. The molecule has 0 bridgehead atoms. The van der Waals surface area contributed by atoms with Crippen molar-refractivity contribution in [3.63, 3.8) is 0 Å². The molecule has 0 amide bonds. The van der Waals surface area contributed by atoms with E-state index in [4.69, 9.17) is 11.6 Å². The first-order chi connectivity index (χ1) is 8.75. The van der Waals surface area contributed by atoms with E-state index >= 15 is 0 Å². The Morgan fingerprint density at radius 3 is 2.78 bits per heavy atom. The number of nitrogens with one attached hydrogen (secondary N) is 1. The molecule has 0 fully saturated rings. The van der Waals surface area contributed by atoms with Crippen LogP contribution in [0.25, 0.3) is 0 Å². The van der Waals surface area contributed by atoms with Gasteiger partial charge in [0, 0.05) is 4.47 Å². The molecule has 0 radical (unpaired) electrons. The molecule has 1 atom stereocenters. The summed E-state index contributed by atoms with van der Waals surface area (Å²) in [6.45, 7) is 0. The molecule has 0 spiro atoms. The van der Waals surface area contributed by atoms with E-state index < -0.39 is 0 Å². The van der Waals surface area contributed by atoms with Gasteiger partial charge < -0.3 is 5.32 Å². The number of halogens is 2. The van der Waals surface area contributed by atoms with Gasteiger partial charge in [0.15, 0.2) is 0 Å². The zero-order chi connectivity index (χ0) is 12.5. The fraction of sp³-hybridized carbons (Fsp3) is 0.200. The Hall–Kier alpha value is -0.990. The summed E-state index contributed by atoms with van der Waals surface area (Å²) in [5.41, 5.74) is 3.81. The Bertz CT molecular complexity index is 582. The van der Waals surface area contributed by atoms with Gasteiger partial charge in [0.1, 0.15) is 0 Å². The molecule has 18 heavy (non-hydrogen) atoms. The zero-order valence-corrected chi connectivity index (χ0v) is 12.1. The van der Waals surface area contributed by atoms with Crippen LogP contribution in [0.2, 0.25) is 5.02 Å². The van der Waals surface area contributed by atoms with Gasteiger partial charge in [-0.1, -0.05) is 51.8 Å². The molecule has 0 aromatic heterocycles. The second kappa shape index (κ2) is 4.94. The molecule has 1 aliphatic rings. The number of benzene rings is 2. The van der Waals surface area contributed by atoms with E-state index in [1.54, 1.807) is 0 Å². The molecule has 1 N–H and O–H groups in total. The number of para-hydroxylation sites is 1. The largest absolute Gasteiger partial charge is 0.377 e. The highest BCUT2D eigenvalue weighted by Gasteiger charge is 2.24. The van der Waals surface area contributed by atoms with Gasteiger partial charge in [0.25, 0.3) is 0 Å². The van der Waals surface area contributed by atoms with Gasteiger partial charge in [-0.05, 0) is 42.2 Å². The summed E-state index contributed by atoms with van der Waals surface area (Å²) in [5.74, 6) is 0. The van der Waals surface area contributed by atoms with Crippen LogP contribution in [0.4, 0.5) is 5.69 Å². The monoisotopic (exact) mass is 321 g/mol. The van der Waals surface area contributed by atoms with Gasteiger partial charge in [-0.3, -0.25) is 0 Å². The van der Waals surface area contributed by atoms with Crippen LogP contribution in [-0.4, -0.2) is 0 Å². The van der Waals surface area contributed by atoms with Gasteiger partial charge in [-0.15, -0.1) is 0 Å². The fourth-order valence-electron chi connectivity index (χ4n) is 2.53. The summed E-state index contributed by atoms with van der Waals surface area (Å²) in [7, 11) is 0. The molecule has 0 saturated heterocycles. The van der Waals surface area contributed by atoms with Crippen molar-refractivity contribution in [3.8, 4) is 0 Å². The Morgan fingerprint density at radius 1 is 1.11 bits per heavy atom. The second-order valence-corrected chi connectivity index (χ2v) is 5.78. The third kappa shape index (κ3) is 2.15. The SMILES string of the molecule is Clc1ccccc1NC1CCc2c(Br)cccc21. The zero-order valence-electron chi connectivity index (χ0n) is 9.79. The number of hydrogen-bond acceptors (Lipinski definition) is 1. The van der Waals surface area contributed by atoms with Gasteiger partial charge in [0.05, 0.1) is 16.8 Å². The van der Waals surface area contributed by atoms with Crippen molar-refractivity contribution in [3.05, 3.63) is 63.1 Å². The molecule has 1 nitrogen and oxygen atoms in total. The normalized spacial score (nSPS) is 17.6. The van der Waals surface area contributed by atoms with Crippen molar-refractivity contribution < 1.29 is 0 Å². The summed E-state index contributed by atoms with van der Waals surface area (Å²) in [5, 5.41) is 4.32. The van der Waals surface area contributed by atoms with Gasteiger partial charge in [-0.25, -0.2) is 0 Å². The highest BCUT2D eigenvalue weighted by atomic mass is 79.9. The smallest absolute Gasteiger partial charge is 0.0637 e. The van der Waals surface area contributed by atoms with Crippen molar-refractivity contribution in [1.82, 2.24) is 0 Å². The van der Waals surface area contributed by atoms with Crippen LogP contribution in [0.15, 0.2) is 46.9 Å². The van der Waals surface area contributed by atoms with Crippen LogP contribution in [0.1, 0.15) is 23.6 Å². The highest BCUT2D eigenvalue weighted by Crippen LogP contribution is 2.38. The molecule has 3 heteroatoms. The molecule has 1 unspecified atom stereocenters. The van der Waals surface area contributed by atoms with Crippen LogP contribution < -0.4 is 5.32 Å². The predicted octanol–water partition coefficient (Wildman–Crippen LogP) is 5.20. The summed E-state index contributed by atoms with van der Waals surface area (Å²) in [6.07, 6.45) is 2.22. The van der Waals surface area contributed by atoms with E-state index in [1.165, 1.54) is 15.6 Å². The average molecular weight is 323 g/mol. The third-order valence-electron chi connectivity index (χ3n) is 3.42. The molecule has 2 aromatic carbocycles. The Kier molecular flexibility index (Phi) is 3.31. The first kappa shape index (κ1) is 12.1. The van der Waals surface area contributed by atoms with E-state index in [1.807, 2.05) is 24.3 Å². The van der Waals surface area contributed by atoms with Crippen LogP contribution in [0.3, 0.4) is 0 Å². The topological polar surface area (TPSA) is 12.0 Å². The molecule has 2 aromatic rings. The quantitative estimate of drug-likeness (QED) is 0.801. The van der Waals surface area contributed by atoms with Gasteiger partial charge in [0.2, 0.25) is 0 Å². The summed E-state index contributed by atoms with van der Waals surface area (Å²) in [6, 6.07) is 14.7. The lowest BCUT2D eigenvalue weighted by Crippen LogP contribution is -2.07. The Morgan fingerprint density at radius 2 is 1.94 bits per heavy atom. The van der Waals surface area contributed by atoms with Crippen molar-refractivity contribution >= 4 is 33.2 Å². The van der Waals surface area contributed by atoms with E-state index in [-0.39, 0.29) is 0 Å². The lowest BCUT2D eigenvalue weighted by molar-refractivity contribution is 0.762. The molecule has 0 saturated carbocycles. The number of anilines is 1. The number of fused-ring (bicyclic) bond motifs is 1. The third-order valence-corrected chi connectivity index (χ3v) is 4.49. The predicted molar refractivity (Wildman–Crippen MR) is 80.3 cm³/mol. The summed E-state index contributed by atoms with van der Waals surface area (Å²) >= 11 is 9.81. The van der Waals surface area contributed by atoms with Crippen LogP contribution >= 0.6 is 27.5 Å². The highest BCUT2D eigenvalue weighted by molar-refractivity contribution is 9.10. The molecular formula is C15H13BrClN. The maximum Gasteiger partial charge on any atom is 0.0637 e. The maximum absolute atomic E-state index is 6.19. The van der Waals surface area contributed by atoms with Crippen molar-refractivity contribution in [2.24, 2.45) is 0 Å². The van der Waals surface area contributed by atoms with E-state index in [0.717, 1.165) is 23.6 Å². The summed E-state index contributed by atoms with van der Waals surface area (Å²) in [4.78, 5) is 0. The number of rotatable bonds is 2. The maximum atomic E-state index is 6.19. The lowest BCUT2D eigenvalue weighted by Gasteiger charge is -2.16. The molecule has 1 aliphatic carbocycles. The Labute approximate surface area is 120 Å². The minimum atomic E-state index is 0.359. The number of hydrogen-bond donors (Lipinski definition) is 1. The molecule has 92 valence electrons. The molecule has 0 heterocycles. The minimum Gasteiger partial charge on any atom is -0.377 e. The average Bonchev–Trinajstić information content (AvgIpc) is 2.77. The lowest BCUT2D eigenvalue weighted by atomic mass is 10.1. The Balaban J connectivity index is 1.90. The van der Waals surface area contributed by atoms with Crippen LogP contribution in [0, 0.1) is 0 Å². The first-order valence-electron chi connectivity index (χ1n) is 6.04.